The number of hydrogen-bond acceptors (Lipinski definition) is 3. The van der Waals surface area contributed by atoms with Crippen molar-refractivity contribution < 1.29 is 36.6 Å². The van der Waals surface area contributed by atoms with E-state index in [1.807, 2.05) is 0 Å². The van der Waals surface area contributed by atoms with Crippen LogP contribution in [-0.4, -0.2) is 35.6 Å². The Kier molecular flexibility index (Phi) is 8.00. The number of carbonyl (C=O) groups excluding carboxylic acids is 1. The minimum Gasteiger partial charge on any atom is -0.507 e. The lowest BCUT2D eigenvalue weighted by atomic mass is 9.90. The average Bonchev–Trinajstić information content (AvgIpc) is 2.87. The maximum Gasteiger partial charge on any atom is 0.419 e. The fraction of sp³-hybridized carbons (Fsp3) is 0.321. The van der Waals surface area contributed by atoms with E-state index in [4.69, 9.17) is 4.74 Å². The van der Waals surface area contributed by atoms with Crippen molar-refractivity contribution in [2.24, 2.45) is 5.92 Å². The molecule has 1 aliphatic rings. The highest BCUT2D eigenvalue weighted by Crippen LogP contribution is 2.36. The number of carbonyl (C=O) groups is 1. The molecule has 0 atom stereocenters. The molecule has 37 heavy (non-hydrogen) atoms. The van der Waals surface area contributed by atoms with E-state index < -0.39 is 23.4 Å². The van der Waals surface area contributed by atoms with Crippen LogP contribution in [0.25, 0.3) is 11.1 Å². The lowest BCUT2D eigenvalue weighted by Gasteiger charge is -2.32. The summed E-state index contributed by atoms with van der Waals surface area (Å²) in [7, 11) is 0. The topological polar surface area (TPSA) is 49.8 Å². The number of phenolic OH excluding ortho intramolecular Hbond substituents is 1. The van der Waals surface area contributed by atoms with Crippen molar-refractivity contribution in [3.05, 3.63) is 83.4 Å². The third-order valence-electron chi connectivity index (χ3n) is 6.63. The molecule has 0 radical (unpaired) electrons. The van der Waals surface area contributed by atoms with Gasteiger partial charge in [0.2, 0.25) is 0 Å². The van der Waals surface area contributed by atoms with Gasteiger partial charge in [-0.3, -0.25) is 4.79 Å². The summed E-state index contributed by atoms with van der Waals surface area (Å²) in [6.45, 7) is 0.800. The molecule has 0 spiro atoms. The number of rotatable bonds is 7. The van der Waals surface area contributed by atoms with Gasteiger partial charge in [0.15, 0.2) is 6.61 Å². The molecule has 1 heterocycles. The van der Waals surface area contributed by atoms with E-state index in [-0.39, 0.29) is 24.2 Å². The van der Waals surface area contributed by atoms with Crippen molar-refractivity contribution in [2.75, 3.05) is 19.7 Å². The number of aryl methyl sites for hydroxylation is 1. The van der Waals surface area contributed by atoms with E-state index in [0.29, 0.717) is 61.2 Å². The van der Waals surface area contributed by atoms with Gasteiger partial charge < -0.3 is 14.7 Å². The summed E-state index contributed by atoms with van der Waals surface area (Å²) in [5, 5.41) is 10.1. The minimum atomic E-state index is -4.73. The molecule has 1 aliphatic heterocycles. The first-order valence-corrected chi connectivity index (χ1v) is 12.0. The molecule has 0 aromatic heterocycles. The zero-order valence-electron chi connectivity index (χ0n) is 19.9. The number of ether oxygens (including phenoxy) is 1. The van der Waals surface area contributed by atoms with Crippen LogP contribution in [-0.2, 0) is 17.4 Å². The Balaban J connectivity index is 1.28. The van der Waals surface area contributed by atoms with Crippen LogP contribution in [0.15, 0.2) is 60.7 Å². The van der Waals surface area contributed by atoms with Gasteiger partial charge in [-0.15, -0.1) is 0 Å². The number of nitrogens with zero attached hydrogens (tertiary/aromatic N) is 1. The molecule has 1 amide bonds. The summed E-state index contributed by atoms with van der Waals surface area (Å²) < 4.78 is 71.4. The Morgan fingerprint density at radius 2 is 1.70 bits per heavy atom. The molecular weight excluding hydrogens is 493 g/mol. The predicted octanol–water partition coefficient (Wildman–Crippen LogP) is 6.61. The van der Waals surface area contributed by atoms with E-state index in [1.165, 1.54) is 18.2 Å². The zero-order chi connectivity index (χ0) is 26.6. The molecule has 0 unspecified atom stereocenters. The second-order valence-electron chi connectivity index (χ2n) is 9.12. The van der Waals surface area contributed by atoms with Gasteiger partial charge >= 0.3 is 6.18 Å². The summed E-state index contributed by atoms with van der Waals surface area (Å²) in [6.07, 6.45) is -2.26. The van der Waals surface area contributed by atoms with Crippen molar-refractivity contribution in [1.82, 2.24) is 4.90 Å². The number of amides is 1. The van der Waals surface area contributed by atoms with Crippen LogP contribution in [0.2, 0.25) is 0 Å². The van der Waals surface area contributed by atoms with Crippen LogP contribution in [0.4, 0.5) is 22.0 Å². The number of piperidine rings is 1. The smallest absolute Gasteiger partial charge is 0.419 e. The molecule has 4 nitrogen and oxygen atoms in total. The molecule has 1 saturated heterocycles. The Morgan fingerprint density at radius 1 is 0.973 bits per heavy atom. The molecule has 4 rings (SSSR count). The standard InChI is InChI=1S/C28H26F5NO3/c29-20-8-9-21(25(35)16-20)22-3-1-2-4-26(22)37-17-27(36)34-13-11-18(12-14-34)5-6-19-7-10-24(30)23(15-19)28(31,32)33/h1-4,7-10,15-16,18,35H,5-6,11-14,17H2. The first-order chi connectivity index (χ1) is 17.6. The van der Waals surface area contributed by atoms with Crippen molar-refractivity contribution in [2.45, 2.75) is 31.9 Å². The number of halogens is 5. The van der Waals surface area contributed by atoms with Gasteiger partial charge in [0.05, 0.1) is 5.56 Å². The molecule has 1 fully saturated rings. The van der Waals surface area contributed by atoms with Gasteiger partial charge in [-0.05, 0) is 67.5 Å². The quantitative estimate of drug-likeness (QED) is 0.358. The average molecular weight is 520 g/mol. The van der Waals surface area contributed by atoms with Gasteiger partial charge in [0.25, 0.3) is 5.91 Å². The van der Waals surface area contributed by atoms with Crippen LogP contribution in [0, 0.1) is 17.6 Å². The minimum absolute atomic E-state index is 0.204. The number of phenols is 1. The number of aromatic hydroxyl groups is 1. The monoisotopic (exact) mass is 519 g/mol. The first kappa shape index (κ1) is 26.4. The Hall–Kier alpha value is -3.62. The summed E-state index contributed by atoms with van der Waals surface area (Å²) in [5.74, 6) is -1.66. The summed E-state index contributed by atoms with van der Waals surface area (Å²) in [4.78, 5) is 14.4. The van der Waals surface area contributed by atoms with Crippen molar-refractivity contribution in [3.8, 4) is 22.6 Å². The zero-order valence-corrected chi connectivity index (χ0v) is 19.9. The number of likely N-dealkylation sites (tertiary alicyclic amines) is 1. The van der Waals surface area contributed by atoms with Crippen LogP contribution in [0.1, 0.15) is 30.4 Å². The molecular formula is C28H26F5NO3. The van der Waals surface area contributed by atoms with Crippen LogP contribution >= 0.6 is 0 Å². The van der Waals surface area contributed by atoms with Crippen LogP contribution in [0.5, 0.6) is 11.5 Å². The molecule has 0 saturated carbocycles. The van der Waals surface area contributed by atoms with Crippen molar-refractivity contribution in [3.63, 3.8) is 0 Å². The fourth-order valence-electron chi connectivity index (χ4n) is 4.57. The SMILES string of the molecule is O=C(COc1ccccc1-c1ccc(F)cc1O)N1CCC(CCc2ccc(F)c(C(F)(F)F)c2)CC1. The summed E-state index contributed by atoms with van der Waals surface area (Å²) >= 11 is 0. The predicted molar refractivity (Wildman–Crippen MR) is 128 cm³/mol. The molecule has 196 valence electrons. The lowest BCUT2D eigenvalue weighted by Crippen LogP contribution is -2.41. The Morgan fingerprint density at radius 3 is 2.41 bits per heavy atom. The molecule has 1 N–H and O–H groups in total. The largest absolute Gasteiger partial charge is 0.507 e. The summed E-state index contributed by atoms with van der Waals surface area (Å²) in [6, 6.07) is 13.6. The second kappa shape index (κ2) is 11.2. The highest BCUT2D eigenvalue weighted by atomic mass is 19.4. The number of para-hydroxylation sites is 1. The molecule has 0 aliphatic carbocycles. The van der Waals surface area contributed by atoms with Crippen molar-refractivity contribution >= 4 is 5.91 Å². The van der Waals surface area contributed by atoms with E-state index >= 15 is 0 Å². The highest BCUT2D eigenvalue weighted by molar-refractivity contribution is 5.79. The van der Waals surface area contributed by atoms with Gasteiger partial charge in [-0.1, -0.05) is 24.3 Å². The van der Waals surface area contributed by atoms with Crippen molar-refractivity contribution in [1.29, 1.82) is 0 Å². The lowest BCUT2D eigenvalue weighted by molar-refractivity contribution is -0.140. The molecule has 3 aromatic rings. The van der Waals surface area contributed by atoms with Gasteiger partial charge in [-0.25, -0.2) is 8.78 Å². The van der Waals surface area contributed by atoms with Gasteiger partial charge in [0, 0.05) is 30.3 Å². The first-order valence-electron chi connectivity index (χ1n) is 12.0. The second-order valence-corrected chi connectivity index (χ2v) is 9.12. The molecule has 3 aromatic carbocycles. The fourth-order valence-corrected chi connectivity index (χ4v) is 4.57. The van der Waals surface area contributed by atoms with E-state index in [2.05, 4.69) is 0 Å². The third-order valence-corrected chi connectivity index (χ3v) is 6.63. The number of benzene rings is 3. The summed E-state index contributed by atoms with van der Waals surface area (Å²) in [5.41, 5.74) is 0.0999. The normalized spacial score (nSPS) is 14.6. The Bertz CT molecular complexity index is 1250. The van der Waals surface area contributed by atoms with Gasteiger partial charge in [0.1, 0.15) is 23.1 Å². The van der Waals surface area contributed by atoms with Crippen LogP contribution < -0.4 is 4.74 Å². The highest BCUT2D eigenvalue weighted by Gasteiger charge is 2.34. The molecule has 9 heteroatoms. The number of alkyl halides is 3. The van der Waals surface area contributed by atoms with E-state index in [1.54, 1.807) is 29.2 Å². The third kappa shape index (κ3) is 6.58. The maximum atomic E-state index is 13.5. The van der Waals surface area contributed by atoms with Gasteiger partial charge in [-0.2, -0.15) is 13.2 Å². The van der Waals surface area contributed by atoms with E-state index in [9.17, 15) is 31.9 Å². The molecule has 0 bridgehead atoms. The maximum absolute atomic E-state index is 13.5. The van der Waals surface area contributed by atoms with E-state index in [0.717, 1.165) is 18.2 Å². The van der Waals surface area contributed by atoms with Crippen LogP contribution in [0.3, 0.4) is 0 Å². The Labute approximate surface area is 211 Å². The number of hydrogen-bond donors (Lipinski definition) is 1.